The predicted molar refractivity (Wildman–Crippen MR) is 61.5 cm³/mol. The van der Waals surface area contributed by atoms with Crippen LogP contribution in [0.25, 0.3) is 0 Å². The molecule has 2 fully saturated rings. The first-order valence-corrected chi connectivity index (χ1v) is 7.46. The second-order valence-corrected chi connectivity index (χ2v) is 6.89. The number of sulfonamides is 1. The van der Waals surface area contributed by atoms with Crippen molar-refractivity contribution in [3.05, 3.63) is 0 Å². The Labute approximate surface area is 96.9 Å². The smallest absolute Gasteiger partial charge is 0.215 e. The van der Waals surface area contributed by atoms with Crippen LogP contribution in [0.4, 0.5) is 0 Å². The standard InChI is InChI=1S/C10H20N2O3S/c1-11-4-5-16(14,15)12-6-8-2-3-10(13)9(8)7-12/h8-11,13H,2-7H2,1H3. The highest BCUT2D eigenvalue weighted by Crippen LogP contribution is 2.38. The third-order valence-corrected chi connectivity index (χ3v) is 5.59. The molecule has 3 atom stereocenters. The topological polar surface area (TPSA) is 69.6 Å². The van der Waals surface area contributed by atoms with Crippen molar-refractivity contribution in [2.45, 2.75) is 18.9 Å². The molecule has 0 bridgehead atoms. The molecule has 0 aromatic heterocycles. The summed E-state index contributed by atoms with van der Waals surface area (Å²) in [5.74, 6) is 0.697. The molecular weight excluding hydrogens is 228 g/mol. The maximum absolute atomic E-state index is 11.9. The zero-order valence-corrected chi connectivity index (χ0v) is 10.4. The molecule has 2 N–H and O–H groups in total. The summed E-state index contributed by atoms with van der Waals surface area (Å²) in [7, 11) is -1.38. The lowest BCUT2D eigenvalue weighted by atomic mass is 10.00. The fourth-order valence-corrected chi connectivity index (χ4v) is 4.32. The monoisotopic (exact) mass is 248 g/mol. The van der Waals surface area contributed by atoms with Gasteiger partial charge in [-0.3, -0.25) is 0 Å². The molecule has 0 aromatic rings. The first-order chi connectivity index (χ1) is 7.54. The molecule has 6 heteroatoms. The zero-order chi connectivity index (χ0) is 11.8. The number of aliphatic hydroxyl groups excluding tert-OH is 1. The van der Waals surface area contributed by atoms with E-state index in [0.29, 0.717) is 25.6 Å². The second kappa shape index (κ2) is 4.60. The number of nitrogens with one attached hydrogen (secondary N) is 1. The number of fused-ring (bicyclic) bond motifs is 1. The molecule has 5 nitrogen and oxygen atoms in total. The molecule has 1 aliphatic heterocycles. The van der Waals surface area contributed by atoms with Crippen molar-refractivity contribution in [3.8, 4) is 0 Å². The van der Waals surface area contributed by atoms with Gasteiger partial charge in [0.2, 0.25) is 10.0 Å². The minimum absolute atomic E-state index is 0.152. The van der Waals surface area contributed by atoms with Crippen molar-refractivity contribution >= 4 is 10.0 Å². The van der Waals surface area contributed by atoms with Gasteiger partial charge in [0.1, 0.15) is 0 Å². The summed E-state index contributed by atoms with van der Waals surface area (Å²) >= 11 is 0. The van der Waals surface area contributed by atoms with E-state index >= 15 is 0 Å². The summed E-state index contributed by atoms with van der Waals surface area (Å²) in [4.78, 5) is 0. The Kier molecular flexibility index (Phi) is 3.53. The Morgan fingerprint density at radius 2 is 2.12 bits per heavy atom. The zero-order valence-electron chi connectivity index (χ0n) is 9.59. The third-order valence-electron chi connectivity index (χ3n) is 3.79. The fourth-order valence-electron chi connectivity index (χ4n) is 2.78. The van der Waals surface area contributed by atoms with Crippen LogP contribution < -0.4 is 5.32 Å². The van der Waals surface area contributed by atoms with Gasteiger partial charge in [-0.25, -0.2) is 12.7 Å². The van der Waals surface area contributed by atoms with Gasteiger partial charge < -0.3 is 10.4 Å². The molecule has 1 aliphatic carbocycles. The Morgan fingerprint density at radius 3 is 2.75 bits per heavy atom. The van der Waals surface area contributed by atoms with E-state index in [0.717, 1.165) is 12.8 Å². The van der Waals surface area contributed by atoms with E-state index in [-0.39, 0.29) is 17.8 Å². The Balaban J connectivity index is 1.98. The van der Waals surface area contributed by atoms with Crippen molar-refractivity contribution in [2.24, 2.45) is 11.8 Å². The van der Waals surface area contributed by atoms with Crippen LogP contribution in [-0.2, 0) is 10.0 Å². The lowest BCUT2D eigenvalue weighted by molar-refractivity contribution is 0.129. The average Bonchev–Trinajstić information content (AvgIpc) is 2.79. The summed E-state index contributed by atoms with van der Waals surface area (Å²) < 4.78 is 25.4. The number of rotatable bonds is 4. The molecule has 0 radical (unpaired) electrons. The maximum atomic E-state index is 11.9. The minimum atomic E-state index is -3.13. The number of hydrogen-bond donors (Lipinski definition) is 2. The summed E-state index contributed by atoms with van der Waals surface area (Å²) in [6.07, 6.45) is 1.50. The van der Waals surface area contributed by atoms with Gasteiger partial charge in [0, 0.05) is 25.6 Å². The van der Waals surface area contributed by atoms with Crippen LogP contribution in [0.2, 0.25) is 0 Å². The van der Waals surface area contributed by atoms with E-state index in [4.69, 9.17) is 0 Å². The van der Waals surface area contributed by atoms with Crippen LogP contribution in [0.3, 0.4) is 0 Å². The van der Waals surface area contributed by atoms with E-state index < -0.39 is 10.0 Å². The first kappa shape index (κ1) is 12.3. The summed E-state index contributed by atoms with van der Waals surface area (Å²) in [5.41, 5.74) is 0. The van der Waals surface area contributed by atoms with E-state index in [1.54, 1.807) is 11.4 Å². The molecule has 0 amide bonds. The third kappa shape index (κ3) is 2.25. The van der Waals surface area contributed by atoms with Crippen LogP contribution in [-0.4, -0.2) is 56.4 Å². The molecule has 16 heavy (non-hydrogen) atoms. The fraction of sp³-hybridized carbons (Fsp3) is 1.00. The number of hydrogen-bond acceptors (Lipinski definition) is 4. The van der Waals surface area contributed by atoms with Crippen molar-refractivity contribution in [2.75, 3.05) is 32.4 Å². The summed E-state index contributed by atoms with van der Waals surface area (Å²) in [6, 6.07) is 0. The van der Waals surface area contributed by atoms with Gasteiger partial charge in [-0.2, -0.15) is 0 Å². The highest BCUT2D eigenvalue weighted by molar-refractivity contribution is 7.89. The quantitative estimate of drug-likeness (QED) is 0.686. The lowest BCUT2D eigenvalue weighted by Gasteiger charge is -2.18. The van der Waals surface area contributed by atoms with E-state index in [2.05, 4.69) is 5.32 Å². The second-order valence-electron chi connectivity index (χ2n) is 4.81. The maximum Gasteiger partial charge on any atom is 0.215 e. The highest BCUT2D eigenvalue weighted by atomic mass is 32.2. The molecule has 1 saturated carbocycles. The van der Waals surface area contributed by atoms with Crippen LogP contribution in [0, 0.1) is 11.8 Å². The normalized spacial score (nSPS) is 35.5. The van der Waals surface area contributed by atoms with Gasteiger partial charge in [-0.1, -0.05) is 0 Å². The van der Waals surface area contributed by atoms with Gasteiger partial charge in [-0.15, -0.1) is 0 Å². The molecular formula is C10H20N2O3S. The van der Waals surface area contributed by atoms with Crippen LogP contribution >= 0.6 is 0 Å². The number of aliphatic hydroxyl groups is 1. The van der Waals surface area contributed by atoms with Gasteiger partial charge in [-0.05, 0) is 25.8 Å². The van der Waals surface area contributed by atoms with Crippen molar-refractivity contribution < 1.29 is 13.5 Å². The number of nitrogens with zero attached hydrogens (tertiary/aromatic N) is 1. The molecule has 1 saturated heterocycles. The van der Waals surface area contributed by atoms with Crippen molar-refractivity contribution in [1.29, 1.82) is 0 Å². The lowest BCUT2D eigenvalue weighted by Crippen LogP contribution is -2.35. The van der Waals surface area contributed by atoms with Crippen LogP contribution in [0.5, 0.6) is 0 Å². The molecule has 0 spiro atoms. The van der Waals surface area contributed by atoms with E-state index in [1.807, 2.05) is 0 Å². The summed E-state index contributed by atoms with van der Waals surface area (Å²) in [5, 5.41) is 12.6. The molecule has 1 heterocycles. The van der Waals surface area contributed by atoms with E-state index in [1.165, 1.54) is 0 Å². The largest absolute Gasteiger partial charge is 0.393 e. The minimum Gasteiger partial charge on any atom is -0.393 e. The van der Waals surface area contributed by atoms with Gasteiger partial charge >= 0.3 is 0 Å². The molecule has 2 rings (SSSR count). The average molecular weight is 248 g/mol. The SMILES string of the molecule is CNCCS(=O)(=O)N1CC2CCC(O)C2C1. The Hall–Kier alpha value is -0.170. The van der Waals surface area contributed by atoms with Gasteiger partial charge in [0.25, 0.3) is 0 Å². The van der Waals surface area contributed by atoms with Crippen molar-refractivity contribution in [3.63, 3.8) is 0 Å². The Bertz CT molecular complexity index is 344. The summed E-state index contributed by atoms with van der Waals surface area (Å²) in [6.45, 7) is 1.60. The van der Waals surface area contributed by atoms with Crippen LogP contribution in [0.15, 0.2) is 0 Å². The van der Waals surface area contributed by atoms with Crippen LogP contribution in [0.1, 0.15) is 12.8 Å². The molecule has 0 aromatic carbocycles. The highest BCUT2D eigenvalue weighted by Gasteiger charge is 2.45. The molecule has 3 unspecified atom stereocenters. The molecule has 94 valence electrons. The van der Waals surface area contributed by atoms with E-state index in [9.17, 15) is 13.5 Å². The first-order valence-electron chi connectivity index (χ1n) is 5.85. The van der Waals surface area contributed by atoms with Gasteiger partial charge in [0.05, 0.1) is 11.9 Å². The Morgan fingerprint density at radius 1 is 1.38 bits per heavy atom. The van der Waals surface area contributed by atoms with Gasteiger partial charge in [0.15, 0.2) is 0 Å². The van der Waals surface area contributed by atoms with Crippen molar-refractivity contribution in [1.82, 2.24) is 9.62 Å². The molecule has 2 aliphatic rings. The predicted octanol–water partition coefficient (Wildman–Crippen LogP) is -0.762.